The average Bonchev–Trinajstić information content (AvgIpc) is 3.35. The van der Waals surface area contributed by atoms with Crippen LogP contribution in [0.3, 0.4) is 0 Å². The van der Waals surface area contributed by atoms with Crippen molar-refractivity contribution in [3.63, 3.8) is 0 Å². The third-order valence-electron chi connectivity index (χ3n) is 5.52. The summed E-state index contributed by atoms with van der Waals surface area (Å²) in [6, 6.07) is 23.4. The number of H-pyrrole nitrogens is 1. The SMILES string of the molecule is O=C1c2[nH]nc(-c3ccccc3O)c2[C@@H](c2cccc(Oc3ccccc3)c2)N1CCO. The highest BCUT2D eigenvalue weighted by Crippen LogP contribution is 2.44. The fourth-order valence-corrected chi connectivity index (χ4v) is 4.13. The van der Waals surface area contributed by atoms with E-state index in [1.807, 2.05) is 60.7 Å². The van der Waals surface area contributed by atoms with Crippen molar-refractivity contribution >= 4 is 5.91 Å². The van der Waals surface area contributed by atoms with Gasteiger partial charge in [-0.05, 0) is 42.0 Å². The number of aromatic hydroxyl groups is 1. The number of hydrogen-bond acceptors (Lipinski definition) is 5. The van der Waals surface area contributed by atoms with Crippen molar-refractivity contribution in [3.8, 4) is 28.5 Å². The molecule has 0 aliphatic carbocycles. The van der Waals surface area contributed by atoms with Crippen LogP contribution in [0.4, 0.5) is 0 Å². The standard InChI is InChI=1S/C25H21N3O4/c29-14-13-28-24(16-7-6-10-18(15-16)32-17-8-2-1-3-9-17)21-22(26-27-23(21)25(28)31)19-11-4-5-12-20(19)30/h1-12,15,24,29-30H,13-14H2,(H,26,27)/t24-/m1/s1. The number of aromatic nitrogens is 2. The molecule has 2 heterocycles. The number of nitrogens with zero attached hydrogens (tertiary/aromatic N) is 2. The fourth-order valence-electron chi connectivity index (χ4n) is 4.13. The van der Waals surface area contributed by atoms with Gasteiger partial charge in [0, 0.05) is 17.7 Å². The van der Waals surface area contributed by atoms with E-state index in [4.69, 9.17) is 4.74 Å². The van der Waals surface area contributed by atoms with Gasteiger partial charge in [0.2, 0.25) is 0 Å². The first kappa shape index (κ1) is 19.8. The third-order valence-corrected chi connectivity index (χ3v) is 5.52. The van der Waals surface area contributed by atoms with Gasteiger partial charge in [-0.25, -0.2) is 0 Å². The van der Waals surface area contributed by atoms with Crippen LogP contribution in [0.1, 0.15) is 27.7 Å². The molecule has 4 aromatic rings. The van der Waals surface area contributed by atoms with E-state index < -0.39 is 6.04 Å². The van der Waals surface area contributed by atoms with Gasteiger partial charge < -0.3 is 19.8 Å². The highest BCUT2D eigenvalue weighted by molar-refractivity contribution is 6.00. The molecule has 1 amide bonds. The number of hydrogen-bond donors (Lipinski definition) is 3. The van der Waals surface area contributed by atoms with E-state index in [2.05, 4.69) is 10.2 Å². The van der Waals surface area contributed by atoms with Gasteiger partial charge in [-0.3, -0.25) is 9.89 Å². The summed E-state index contributed by atoms with van der Waals surface area (Å²) in [5.74, 6) is 1.17. The zero-order valence-corrected chi connectivity index (χ0v) is 17.1. The number of nitrogens with one attached hydrogen (secondary N) is 1. The molecule has 3 aromatic carbocycles. The van der Waals surface area contributed by atoms with E-state index in [9.17, 15) is 15.0 Å². The minimum absolute atomic E-state index is 0.0785. The van der Waals surface area contributed by atoms with Crippen molar-refractivity contribution in [2.24, 2.45) is 0 Å². The molecule has 7 heteroatoms. The number of β-amino-alcohol motifs (C(OH)–C–C–N with tert-alkyl or cyclic N) is 1. The van der Waals surface area contributed by atoms with E-state index in [-0.39, 0.29) is 24.8 Å². The molecule has 7 nitrogen and oxygen atoms in total. The van der Waals surface area contributed by atoms with Crippen LogP contribution in [-0.2, 0) is 0 Å². The molecule has 0 fully saturated rings. The monoisotopic (exact) mass is 427 g/mol. The van der Waals surface area contributed by atoms with Gasteiger partial charge in [0.25, 0.3) is 5.91 Å². The second-order valence-corrected chi connectivity index (χ2v) is 7.49. The third kappa shape index (κ3) is 3.38. The summed E-state index contributed by atoms with van der Waals surface area (Å²) in [5.41, 5.74) is 2.88. The Kier molecular flexibility index (Phi) is 5.09. The van der Waals surface area contributed by atoms with Crippen LogP contribution in [0.15, 0.2) is 78.9 Å². The Morgan fingerprint density at radius 3 is 2.50 bits per heavy atom. The van der Waals surface area contributed by atoms with Crippen molar-refractivity contribution in [2.45, 2.75) is 6.04 Å². The van der Waals surface area contributed by atoms with Crippen LogP contribution in [0.25, 0.3) is 11.3 Å². The van der Waals surface area contributed by atoms with Crippen molar-refractivity contribution < 1.29 is 19.7 Å². The van der Waals surface area contributed by atoms with Gasteiger partial charge in [-0.15, -0.1) is 0 Å². The number of phenolic OH excluding ortho intramolecular Hbond substituents is 1. The molecule has 0 radical (unpaired) electrons. The summed E-state index contributed by atoms with van der Waals surface area (Å²) in [5, 5.41) is 27.2. The lowest BCUT2D eigenvalue weighted by Gasteiger charge is -2.26. The summed E-state index contributed by atoms with van der Waals surface area (Å²) in [7, 11) is 0. The first-order valence-electron chi connectivity index (χ1n) is 10.3. The van der Waals surface area contributed by atoms with E-state index in [0.717, 1.165) is 5.56 Å². The van der Waals surface area contributed by atoms with Crippen LogP contribution in [0, 0.1) is 0 Å². The Labute approximate surface area is 184 Å². The molecule has 160 valence electrons. The van der Waals surface area contributed by atoms with Crippen molar-refractivity contribution in [2.75, 3.05) is 13.2 Å². The van der Waals surface area contributed by atoms with Crippen molar-refractivity contribution in [1.29, 1.82) is 0 Å². The van der Waals surface area contributed by atoms with Crippen LogP contribution in [0.5, 0.6) is 17.2 Å². The Bertz CT molecular complexity index is 1270. The van der Waals surface area contributed by atoms with E-state index in [1.54, 1.807) is 23.1 Å². The average molecular weight is 427 g/mol. The van der Waals surface area contributed by atoms with Gasteiger partial charge >= 0.3 is 0 Å². The van der Waals surface area contributed by atoms with Crippen LogP contribution >= 0.6 is 0 Å². The van der Waals surface area contributed by atoms with E-state index >= 15 is 0 Å². The molecule has 0 unspecified atom stereocenters. The molecule has 0 saturated heterocycles. The van der Waals surface area contributed by atoms with E-state index in [1.165, 1.54) is 0 Å². The molecule has 0 bridgehead atoms. The van der Waals surface area contributed by atoms with Gasteiger partial charge in [0.05, 0.1) is 12.6 Å². The maximum atomic E-state index is 13.1. The minimum Gasteiger partial charge on any atom is -0.507 e. The number of amides is 1. The van der Waals surface area contributed by atoms with Crippen molar-refractivity contribution in [3.05, 3.63) is 95.7 Å². The molecule has 1 aliphatic heterocycles. The lowest BCUT2D eigenvalue weighted by atomic mass is 9.95. The number of rotatable bonds is 6. The lowest BCUT2D eigenvalue weighted by Crippen LogP contribution is -2.32. The fraction of sp³-hybridized carbons (Fsp3) is 0.120. The Hall–Kier alpha value is -4.10. The summed E-state index contributed by atoms with van der Waals surface area (Å²) in [4.78, 5) is 14.7. The highest BCUT2D eigenvalue weighted by atomic mass is 16.5. The molecule has 32 heavy (non-hydrogen) atoms. The molecule has 0 saturated carbocycles. The number of benzene rings is 3. The zero-order chi connectivity index (χ0) is 22.1. The maximum Gasteiger partial charge on any atom is 0.273 e. The number of phenols is 1. The largest absolute Gasteiger partial charge is 0.507 e. The van der Waals surface area contributed by atoms with Gasteiger partial charge in [-0.2, -0.15) is 5.10 Å². The Balaban J connectivity index is 1.61. The smallest absolute Gasteiger partial charge is 0.273 e. The zero-order valence-electron chi connectivity index (χ0n) is 17.1. The highest BCUT2D eigenvalue weighted by Gasteiger charge is 2.42. The quantitative estimate of drug-likeness (QED) is 0.430. The summed E-state index contributed by atoms with van der Waals surface area (Å²) in [6.45, 7) is -0.0118. The summed E-state index contributed by atoms with van der Waals surface area (Å²) < 4.78 is 5.99. The summed E-state index contributed by atoms with van der Waals surface area (Å²) >= 11 is 0. The minimum atomic E-state index is -0.489. The second-order valence-electron chi connectivity index (χ2n) is 7.49. The number of aromatic amines is 1. The number of fused-ring (bicyclic) bond motifs is 1. The predicted octanol–water partition coefficient (Wildman–Crippen LogP) is 4.11. The Morgan fingerprint density at radius 2 is 1.72 bits per heavy atom. The molecule has 1 atom stereocenters. The number of aliphatic hydroxyl groups is 1. The Morgan fingerprint density at radius 1 is 0.969 bits per heavy atom. The molecule has 0 spiro atoms. The van der Waals surface area contributed by atoms with Gasteiger partial charge in [-0.1, -0.05) is 42.5 Å². The molecule has 3 N–H and O–H groups in total. The predicted molar refractivity (Wildman–Crippen MR) is 119 cm³/mol. The van der Waals surface area contributed by atoms with Gasteiger partial charge in [0.15, 0.2) is 0 Å². The lowest BCUT2D eigenvalue weighted by molar-refractivity contribution is 0.0706. The topological polar surface area (TPSA) is 98.7 Å². The molecule has 5 rings (SSSR count). The molecule has 1 aliphatic rings. The number of carbonyl (C=O) groups excluding carboxylic acids is 1. The number of carbonyl (C=O) groups is 1. The number of ether oxygens (including phenoxy) is 1. The molecular formula is C25H21N3O4. The van der Waals surface area contributed by atoms with Crippen LogP contribution < -0.4 is 4.74 Å². The number of aliphatic hydroxyl groups excluding tert-OH is 1. The van der Waals surface area contributed by atoms with E-state index in [0.29, 0.717) is 34.0 Å². The van der Waals surface area contributed by atoms with Crippen LogP contribution in [0.2, 0.25) is 0 Å². The normalized spacial score (nSPS) is 15.1. The summed E-state index contributed by atoms with van der Waals surface area (Å²) in [6.07, 6.45) is 0. The first-order valence-corrected chi connectivity index (χ1v) is 10.3. The van der Waals surface area contributed by atoms with Crippen LogP contribution in [-0.4, -0.2) is 44.4 Å². The van der Waals surface area contributed by atoms with Crippen molar-refractivity contribution in [1.82, 2.24) is 15.1 Å². The molecular weight excluding hydrogens is 406 g/mol. The molecule has 1 aromatic heterocycles. The first-order chi connectivity index (χ1) is 15.7. The van der Waals surface area contributed by atoms with Gasteiger partial charge in [0.1, 0.15) is 28.6 Å². The maximum absolute atomic E-state index is 13.1. The second kappa shape index (κ2) is 8.20. The number of para-hydroxylation sites is 2.